The Morgan fingerprint density at radius 1 is 0.870 bits per heavy atom. The summed E-state index contributed by atoms with van der Waals surface area (Å²) in [7, 11) is 0. The molecule has 0 aliphatic carbocycles. The SMILES string of the molecule is O=C(O)c1c(Br)c(Br)c(Br)c(Br)c1C(=O)ON1C(=O)CCC1=O. The maximum atomic E-state index is 12.3. The molecule has 1 N–H and O–H groups in total. The fraction of sp³-hybridized carbons (Fsp3) is 0.167. The van der Waals surface area contributed by atoms with Gasteiger partial charge in [-0.25, -0.2) is 9.59 Å². The van der Waals surface area contributed by atoms with Crippen LogP contribution in [-0.2, 0) is 14.4 Å². The van der Waals surface area contributed by atoms with E-state index in [1.54, 1.807) is 0 Å². The molecule has 11 heteroatoms. The number of hydroxylamine groups is 2. The Labute approximate surface area is 162 Å². The summed E-state index contributed by atoms with van der Waals surface area (Å²) in [5, 5.41) is 9.71. The van der Waals surface area contributed by atoms with Crippen LogP contribution in [0.2, 0.25) is 0 Å². The van der Waals surface area contributed by atoms with Crippen LogP contribution in [0.15, 0.2) is 17.9 Å². The summed E-state index contributed by atoms with van der Waals surface area (Å²) in [6.07, 6.45) is -0.125. The highest BCUT2D eigenvalue weighted by molar-refractivity contribution is 9.15. The highest BCUT2D eigenvalue weighted by Crippen LogP contribution is 2.42. The van der Waals surface area contributed by atoms with E-state index < -0.39 is 23.8 Å². The quantitative estimate of drug-likeness (QED) is 0.334. The molecule has 0 radical (unpaired) electrons. The van der Waals surface area contributed by atoms with Crippen LogP contribution in [0.3, 0.4) is 0 Å². The smallest absolute Gasteiger partial charge is 0.366 e. The Kier molecular flexibility index (Phi) is 5.64. The molecular weight excluding hydrogens is 574 g/mol. The fourth-order valence-corrected chi connectivity index (χ4v) is 4.26. The number of hydrogen-bond acceptors (Lipinski definition) is 5. The lowest BCUT2D eigenvalue weighted by atomic mass is 10.1. The monoisotopic (exact) mass is 575 g/mol. The number of carbonyl (C=O) groups is 4. The van der Waals surface area contributed by atoms with E-state index >= 15 is 0 Å². The molecule has 0 unspecified atom stereocenters. The minimum absolute atomic E-state index is 0.0627. The maximum Gasteiger partial charge on any atom is 0.366 e. The maximum absolute atomic E-state index is 12.3. The molecule has 0 saturated carbocycles. The molecule has 1 saturated heterocycles. The van der Waals surface area contributed by atoms with E-state index in [1.165, 1.54) is 0 Å². The molecule has 0 spiro atoms. The Morgan fingerprint density at radius 2 is 1.30 bits per heavy atom. The van der Waals surface area contributed by atoms with Crippen molar-refractivity contribution >= 4 is 87.5 Å². The standard InChI is InChI=1S/C12H5Br4NO6/c13-7-5(11(20)21)6(8(14)10(16)9(7)15)12(22)23-17-3(18)1-2-4(17)19/h1-2H2,(H,20,21). The zero-order valence-electron chi connectivity index (χ0n) is 10.9. The lowest BCUT2D eigenvalue weighted by Gasteiger charge is -2.16. The van der Waals surface area contributed by atoms with Crippen molar-refractivity contribution in [3.63, 3.8) is 0 Å². The molecular formula is C12H5Br4NO6. The fourth-order valence-electron chi connectivity index (χ4n) is 1.81. The summed E-state index contributed by atoms with van der Waals surface area (Å²) in [5.41, 5.74) is -0.719. The van der Waals surface area contributed by atoms with Gasteiger partial charge < -0.3 is 9.94 Å². The van der Waals surface area contributed by atoms with E-state index in [0.29, 0.717) is 14.0 Å². The van der Waals surface area contributed by atoms with Gasteiger partial charge in [-0.05, 0) is 63.7 Å². The molecule has 2 amide bonds. The molecule has 1 fully saturated rings. The summed E-state index contributed by atoms with van der Waals surface area (Å²) in [4.78, 5) is 51.6. The van der Waals surface area contributed by atoms with Crippen LogP contribution in [0.4, 0.5) is 0 Å². The van der Waals surface area contributed by atoms with Crippen LogP contribution in [0, 0.1) is 0 Å². The first-order valence-corrected chi connectivity index (χ1v) is 9.01. The van der Waals surface area contributed by atoms with Crippen LogP contribution in [0.1, 0.15) is 33.6 Å². The summed E-state index contributed by atoms with van der Waals surface area (Å²) in [5.74, 6) is -3.86. The number of carboxylic acid groups (broad SMARTS) is 1. The van der Waals surface area contributed by atoms with Gasteiger partial charge >= 0.3 is 11.9 Å². The third-order valence-electron chi connectivity index (χ3n) is 2.87. The van der Waals surface area contributed by atoms with Gasteiger partial charge in [-0.3, -0.25) is 9.59 Å². The van der Waals surface area contributed by atoms with Crippen LogP contribution in [-0.4, -0.2) is 33.9 Å². The van der Waals surface area contributed by atoms with Crippen molar-refractivity contribution in [2.75, 3.05) is 0 Å². The van der Waals surface area contributed by atoms with Crippen LogP contribution >= 0.6 is 63.7 Å². The van der Waals surface area contributed by atoms with Crippen molar-refractivity contribution in [3.05, 3.63) is 29.0 Å². The summed E-state index contributed by atoms with van der Waals surface area (Å²) in [6, 6.07) is 0. The van der Waals surface area contributed by atoms with Crippen LogP contribution in [0.25, 0.3) is 0 Å². The third-order valence-corrected chi connectivity index (χ3v) is 7.63. The largest absolute Gasteiger partial charge is 0.478 e. The second kappa shape index (κ2) is 6.99. The number of rotatable bonds is 3. The first kappa shape index (κ1) is 18.6. The highest BCUT2D eigenvalue weighted by Gasteiger charge is 2.36. The van der Waals surface area contributed by atoms with Crippen LogP contribution < -0.4 is 0 Å². The van der Waals surface area contributed by atoms with Gasteiger partial charge in [0.05, 0.1) is 11.1 Å². The van der Waals surface area contributed by atoms with Gasteiger partial charge in [0.2, 0.25) is 0 Å². The van der Waals surface area contributed by atoms with Crippen molar-refractivity contribution in [1.29, 1.82) is 0 Å². The lowest BCUT2D eigenvalue weighted by molar-refractivity contribution is -0.172. The van der Waals surface area contributed by atoms with E-state index in [2.05, 4.69) is 63.7 Å². The van der Waals surface area contributed by atoms with Gasteiger partial charge in [-0.1, -0.05) is 0 Å². The summed E-state index contributed by atoms with van der Waals surface area (Å²) >= 11 is 12.6. The van der Waals surface area contributed by atoms with E-state index in [4.69, 9.17) is 4.84 Å². The predicted octanol–water partition coefficient (Wildman–Crippen LogP) is 3.66. The van der Waals surface area contributed by atoms with Gasteiger partial charge in [-0.15, -0.1) is 5.06 Å². The predicted molar refractivity (Wildman–Crippen MR) is 90.7 cm³/mol. The molecule has 1 aliphatic rings. The van der Waals surface area contributed by atoms with E-state index in [-0.39, 0.29) is 32.9 Å². The number of aromatic carboxylic acids is 1. The number of nitrogens with zero attached hydrogens (tertiary/aromatic N) is 1. The Morgan fingerprint density at radius 3 is 1.74 bits per heavy atom. The minimum atomic E-state index is -1.39. The molecule has 1 heterocycles. The molecule has 2 rings (SSSR count). The van der Waals surface area contributed by atoms with Gasteiger partial charge in [0, 0.05) is 30.7 Å². The molecule has 0 atom stereocenters. The highest BCUT2D eigenvalue weighted by atomic mass is 79.9. The Bertz CT molecular complexity index is 747. The molecule has 0 aromatic heterocycles. The van der Waals surface area contributed by atoms with Crippen molar-refractivity contribution in [2.45, 2.75) is 12.8 Å². The van der Waals surface area contributed by atoms with Crippen molar-refractivity contribution in [1.82, 2.24) is 5.06 Å². The number of benzene rings is 1. The van der Waals surface area contributed by atoms with Gasteiger partial charge in [0.25, 0.3) is 11.8 Å². The van der Waals surface area contributed by atoms with E-state index in [1.807, 2.05) is 0 Å². The number of carbonyl (C=O) groups excluding carboxylic acids is 3. The normalized spacial score (nSPS) is 14.3. The third kappa shape index (κ3) is 3.37. The number of carboxylic acids is 1. The zero-order valence-corrected chi connectivity index (χ0v) is 17.2. The van der Waals surface area contributed by atoms with Gasteiger partial charge in [-0.2, -0.15) is 0 Å². The van der Waals surface area contributed by atoms with Crippen molar-refractivity contribution < 1.29 is 29.1 Å². The molecule has 7 nitrogen and oxygen atoms in total. The Hall–Kier alpha value is -0.780. The lowest BCUT2D eigenvalue weighted by Crippen LogP contribution is -2.32. The average molecular weight is 579 g/mol. The van der Waals surface area contributed by atoms with Gasteiger partial charge in [0.15, 0.2) is 0 Å². The van der Waals surface area contributed by atoms with Gasteiger partial charge in [0.1, 0.15) is 0 Å². The number of imide groups is 1. The summed E-state index contributed by atoms with van der Waals surface area (Å²) in [6.45, 7) is 0. The second-order valence-electron chi connectivity index (χ2n) is 4.27. The molecule has 0 bridgehead atoms. The first-order valence-electron chi connectivity index (χ1n) is 5.84. The molecule has 1 aliphatic heterocycles. The second-order valence-corrected chi connectivity index (χ2v) is 7.44. The summed E-state index contributed by atoms with van der Waals surface area (Å²) < 4.78 is 0.937. The average Bonchev–Trinajstić information content (AvgIpc) is 2.79. The minimum Gasteiger partial charge on any atom is -0.478 e. The first-order chi connectivity index (χ1) is 10.7. The zero-order chi connectivity index (χ0) is 17.5. The number of hydrogen-bond donors (Lipinski definition) is 1. The van der Waals surface area contributed by atoms with E-state index in [0.717, 1.165) is 0 Å². The molecule has 23 heavy (non-hydrogen) atoms. The van der Waals surface area contributed by atoms with Crippen molar-refractivity contribution in [2.24, 2.45) is 0 Å². The molecule has 122 valence electrons. The molecule has 1 aromatic rings. The Balaban J connectivity index is 2.54. The topological polar surface area (TPSA) is 101 Å². The number of amides is 2. The van der Waals surface area contributed by atoms with Crippen LogP contribution in [0.5, 0.6) is 0 Å². The van der Waals surface area contributed by atoms with E-state index in [9.17, 15) is 24.3 Å². The molecule has 1 aromatic carbocycles. The van der Waals surface area contributed by atoms with Crippen molar-refractivity contribution in [3.8, 4) is 0 Å². The number of halogens is 4.